The number of Topliss-reactive ketones (excluding diaryl/α,β-unsaturated/α-hetero) is 1. The molecular formula is C15H18ClNO3. The maximum atomic E-state index is 11.9. The molecule has 108 valence electrons. The van der Waals surface area contributed by atoms with E-state index in [9.17, 15) is 9.59 Å². The first-order valence-electron chi connectivity index (χ1n) is 6.49. The van der Waals surface area contributed by atoms with Crippen LogP contribution in [0.25, 0.3) is 10.9 Å². The number of ketones is 1. The first-order valence-corrected chi connectivity index (χ1v) is 6.87. The Balaban J connectivity index is 0.000000956. The molecule has 0 amide bonds. The average molecular weight is 296 g/mol. The minimum absolute atomic E-state index is 0.321. The quantitative estimate of drug-likeness (QED) is 0.493. The SMILES string of the molecule is CC.CCn1cc(C(=O)C(=O)OC)c2cc(Cl)ccc21. The molecule has 0 bridgehead atoms. The number of carbonyl (C=O) groups excluding carboxylic acids is 2. The van der Waals surface area contributed by atoms with E-state index in [4.69, 9.17) is 11.6 Å². The third-order valence-corrected chi connectivity index (χ3v) is 3.03. The first kappa shape index (κ1) is 16.2. The number of hydrogen-bond donors (Lipinski definition) is 0. The molecule has 0 unspecified atom stereocenters. The molecule has 2 rings (SSSR count). The molecule has 0 aliphatic heterocycles. The summed E-state index contributed by atoms with van der Waals surface area (Å²) in [7, 11) is 1.19. The summed E-state index contributed by atoms with van der Waals surface area (Å²) in [4.78, 5) is 23.2. The second-order valence-electron chi connectivity index (χ2n) is 3.81. The highest BCUT2D eigenvalue weighted by atomic mass is 35.5. The van der Waals surface area contributed by atoms with Gasteiger partial charge < -0.3 is 9.30 Å². The Morgan fingerprint density at radius 1 is 1.30 bits per heavy atom. The Hall–Kier alpha value is -1.81. The van der Waals surface area contributed by atoms with Crippen LogP contribution in [0, 0.1) is 0 Å². The topological polar surface area (TPSA) is 48.3 Å². The molecule has 1 heterocycles. The lowest BCUT2D eigenvalue weighted by atomic mass is 10.1. The van der Waals surface area contributed by atoms with E-state index in [-0.39, 0.29) is 0 Å². The van der Waals surface area contributed by atoms with Crippen molar-refractivity contribution >= 4 is 34.3 Å². The van der Waals surface area contributed by atoms with Gasteiger partial charge in [-0.25, -0.2) is 4.79 Å². The maximum absolute atomic E-state index is 11.9. The number of benzene rings is 1. The third kappa shape index (κ3) is 3.02. The third-order valence-electron chi connectivity index (χ3n) is 2.80. The zero-order valence-corrected chi connectivity index (χ0v) is 12.8. The van der Waals surface area contributed by atoms with Crippen LogP contribution in [0.3, 0.4) is 0 Å². The number of esters is 1. The molecule has 5 heteroatoms. The molecule has 0 spiro atoms. The number of aryl methyl sites for hydroxylation is 1. The number of methoxy groups -OCH3 is 1. The monoisotopic (exact) mass is 295 g/mol. The fraction of sp³-hybridized carbons (Fsp3) is 0.333. The summed E-state index contributed by atoms with van der Waals surface area (Å²) in [6.45, 7) is 6.66. The highest BCUT2D eigenvalue weighted by Gasteiger charge is 2.21. The minimum Gasteiger partial charge on any atom is -0.463 e. The van der Waals surface area contributed by atoms with Gasteiger partial charge >= 0.3 is 5.97 Å². The van der Waals surface area contributed by atoms with Crippen LogP contribution in [0.1, 0.15) is 31.1 Å². The fourth-order valence-electron chi connectivity index (χ4n) is 1.91. The van der Waals surface area contributed by atoms with Gasteiger partial charge in [-0.1, -0.05) is 25.4 Å². The summed E-state index contributed by atoms with van der Waals surface area (Å²) in [5.74, 6) is -1.53. The molecular weight excluding hydrogens is 278 g/mol. The Kier molecular flexibility index (Phi) is 5.77. The number of hydrogen-bond acceptors (Lipinski definition) is 3. The van der Waals surface area contributed by atoms with Gasteiger partial charge in [-0.2, -0.15) is 0 Å². The zero-order chi connectivity index (χ0) is 15.3. The first-order chi connectivity index (χ1) is 9.58. The summed E-state index contributed by atoms with van der Waals surface area (Å²) in [5, 5.41) is 1.19. The van der Waals surface area contributed by atoms with Gasteiger partial charge in [0.25, 0.3) is 5.78 Å². The van der Waals surface area contributed by atoms with E-state index in [0.717, 1.165) is 5.52 Å². The number of rotatable bonds is 3. The summed E-state index contributed by atoms with van der Waals surface area (Å²) in [5.41, 5.74) is 1.19. The van der Waals surface area contributed by atoms with Crippen molar-refractivity contribution in [3.8, 4) is 0 Å². The smallest absolute Gasteiger partial charge is 0.379 e. The molecule has 0 saturated carbocycles. The van der Waals surface area contributed by atoms with Crippen molar-refractivity contribution in [2.45, 2.75) is 27.3 Å². The number of aromatic nitrogens is 1. The lowest BCUT2D eigenvalue weighted by molar-refractivity contribution is -0.135. The van der Waals surface area contributed by atoms with Crippen LogP contribution >= 0.6 is 11.6 Å². The fourth-order valence-corrected chi connectivity index (χ4v) is 2.09. The molecule has 1 aromatic carbocycles. The van der Waals surface area contributed by atoms with Gasteiger partial charge in [-0.3, -0.25) is 4.79 Å². The summed E-state index contributed by atoms with van der Waals surface area (Å²) >= 11 is 5.92. The number of carbonyl (C=O) groups is 2. The second-order valence-corrected chi connectivity index (χ2v) is 4.25. The summed E-state index contributed by atoms with van der Waals surface area (Å²) in [6.07, 6.45) is 1.65. The summed E-state index contributed by atoms with van der Waals surface area (Å²) < 4.78 is 6.35. The van der Waals surface area contributed by atoms with Gasteiger partial charge in [-0.15, -0.1) is 0 Å². The molecule has 2 aromatic rings. The maximum Gasteiger partial charge on any atom is 0.379 e. The number of nitrogens with zero attached hydrogens (tertiary/aromatic N) is 1. The van der Waals surface area contributed by atoms with Crippen molar-refractivity contribution in [1.82, 2.24) is 4.57 Å². The van der Waals surface area contributed by atoms with Crippen molar-refractivity contribution in [2.24, 2.45) is 0 Å². The van der Waals surface area contributed by atoms with Crippen LogP contribution in [-0.2, 0) is 16.1 Å². The van der Waals surface area contributed by atoms with Crippen LogP contribution in [-0.4, -0.2) is 23.4 Å². The Morgan fingerprint density at radius 2 is 1.95 bits per heavy atom. The van der Waals surface area contributed by atoms with Crippen molar-refractivity contribution in [2.75, 3.05) is 7.11 Å². The van der Waals surface area contributed by atoms with Gasteiger partial charge in [-0.05, 0) is 25.1 Å². The Labute approximate surface area is 123 Å². The number of ether oxygens (including phenoxy) is 1. The van der Waals surface area contributed by atoms with Crippen molar-refractivity contribution in [1.29, 1.82) is 0 Å². The van der Waals surface area contributed by atoms with Gasteiger partial charge in [0.05, 0.1) is 12.7 Å². The van der Waals surface area contributed by atoms with Gasteiger partial charge in [0, 0.05) is 28.7 Å². The molecule has 0 fully saturated rings. The molecule has 20 heavy (non-hydrogen) atoms. The molecule has 0 saturated heterocycles. The molecule has 0 N–H and O–H groups in total. The molecule has 4 nitrogen and oxygen atoms in total. The van der Waals surface area contributed by atoms with Gasteiger partial charge in [0.15, 0.2) is 0 Å². The average Bonchev–Trinajstić information content (AvgIpc) is 2.85. The van der Waals surface area contributed by atoms with Crippen LogP contribution in [0.2, 0.25) is 5.02 Å². The largest absolute Gasteiger partial charge is 0.463 e. The molecule has 0 radical (unpaired) electrons. The Bertz CT molecular complexity index is 631. The van der Waals surface area contributed by atoms with Gasteiger partial charge in [0.1, 0.15) is 0 Å². The predicted molar refractivity (Wildman–Crippen MR) is 80.3 cm³/mol. The van der Waals surface area contributed by atoms with E-state index in [1.54, 1.807) is 18.3 Å². The van der Waals surface area contributed by atoms with Gasteiger partial charge in [0.2, 0.25) is 0 Å². The van der Waals surface area contributed by atoms with E-state index in [1.807, 2.05) is 31.4 Å². The van der Waals surface area contributed by atoms with Crippen LogP contribution in [0.4, 0.5) is 0 Å². The van der Waals surface area contributed by atoms with E-state index in [1.165, 1.54) is 7.11 Å². The highest BCUT2D eigenvalue weighted by Crippen LogP contribution is 2.25. The molecule has 1 aromatic heterocycles. The molecule has 0 aliphatic carbocycles. The van der Waals surface area contributed by atoms with Crippen LogP contribution < -0.4 is 0 Å². The van der Waals surface area contributed by atoms with E-state index >= 15 is 0 Å². The predicted octanol–water partition coefficient (Wildman–Crippen LogP) is 3.70. The van der Waals surface area contributed by atoms with E-state index in [0.29, 0.717) is 22.5 Å². The Morgan fingerprint density at radius 3 is 2.50 bits per heavy atom. The minimum atomic E-state index is -0.870. The standard InChI is InChI=1S/C13H12ClNO3.C2H6/c1-3-15-7-10(12(16)13(17)18-2)9-6-8(14)4-5-11(9)15;1-2/h4-7H,3H2,1-2H3;1-2H3. The lowest BCUT2D eigenvalue weighted by Crippen LogP contribution is -2.15. The van der Waals surface area contributed by atoms with Crippen molar-refractivity contribution < 1.29 is 14.3 Å². The van der Waals surface area contributed by atoms with Crippen LogP contribution in [0.5, 0.6) is 0 Å². The van der Waals surface area contributed by atoms with Crippen molar-refractivity contribution in [3.05, 3.63) is 35.0 Å². The molecule has 0 atom stereocenters. The van der Waals surface area contributed by atoms with E-state index in [2.05, 4.69) is 4.74 Å². The lowest BCUT2D eigenvalue weighted by Gasteiger charge is -1.99. The summed E-state index contributed by atoms with van der Waals surface area (Å²) in [6, 6.07) is 5.26. The molecule has 0 aliphatic rings. The number of fused-ring (bicyclic) bond motifs is 1. The zero-order valence-electron chi connectivity index (χ0n) is 12.1. The second kappa shape index (κ2) is 7.10. The highest BCUT2D eigenvalue weighted by molar-refractivity contribution is 6.43. The van der Waals surface area contributed by atoms with Crippen LogP contribution in [0.15, 0.2) is 24.4 Å². The normalized spacial score (nSPS) is 9.85. The van der Waals surface area contributed by atoms with E-state index < -0.39 is 11.8 Å². The van der Waals surface area contributed by atoms with Crippen molar-refractivity contribution in [3.63, 3.8) is 0 Å². The number of halogens is 1.